The molecular weight excluding hydrogens is 350 g/mol. The van der Waals surface area contributed by atoms with E-state index in [0.717, 1.165) is 61.2 Å². The summed E-state index contributed by atoms with van der Waals surface area (Å²) in [6, 6.07) is 4.18. The van der Waals surface area contributed by atoms with Crippen LogP contribution >= 0.6 is 0 Å². The molecule has 0 spiro atoms. The predicted molar refractivity (Wildman–Crippen MR) is 115 cm³/mol. The smallest absolute Gasteiger partial charge is 0.163 e. The minimum absolute atomic E-state index is 0.713. The summed E-state index contributed by atoms with van der Waals surface area (Å²) in [5.41, 5.74) is 4.89. The maximum Gasteiger partial charge on any atom is 0.163 e. The lowest BCUT2D eigenvalue weighted by Gasteiger charge is -2.18. The van der Waals surface area contributed by atoms with Crippen LogP contribution < -0.4 is 14.8 Å². The minimum atomic E-state index is 0.713. The van der Waals surface area contributed by atoms with E-state index in [1.54, 1.807) is 7.11 Å². The highest BCUT2D eigenvalue weighted by atomic mass is 16.5. The van der Waals surface area contributed by atoms with Crippen LogP contribution in [0, 0.1) is 0 Å². The Hall–Kier alpha value is -2.01. The number of nitrogens with zero attached hydrogens (tertiary/aromatic N) is 2. The number of methoxy groups -OCH3 is 1. The van der Waals surface area contributed by atoms with Gasteiger partial charge in [-0.2, -0.15) is 0 Å². The van der Waals surface area contributed by atoms with Gasteiger partial charge in [0, 0.05) is 35.9 Å². The summed E-state index contributed by atoms with van der Waals surface area (Å²) in [6.07, 6.45) is 8.20. The first-order valence-electron chi connectivity index (χ1n) is 10.9. The van der Waals surface area contributed by atoms with E-state index >= 15 is 0 Å². The molecule has 5 nitrogen and oxygen atoms in total. The number of fused-ring (bicyclic) bond motifs is 2. The molecule has 1 N–H and O–H groups in total. The average molecular weight is 384 g/mol. The van der Waals surface area contributed by atoms with Gasteiger partial charge in [-0.05, 0) is 69.7 Å². The Morgan fingerprint density at radius 3 is 2.75 bits per heavy atom. The molecule has 1 aromatic carbocycles. The third kappa shape index (κ3) is 4.04. The summed E-state index contributed by atoms with van der Waals surface area (Å²) in [5.74, 6) is 1.61. The monoisotopic (exact) mass is 383 g/mol. The van der Waals surface area contributed by atoms with Crippen molar-refractivity contribution in [1.82, 2.24) is 9.88 Å². The third-order valence-electron chi connectivity index (χ3n) is 5.92. The highest BCUT2D eigenvalue weighted by molar-refractivity contribution is 5.96. The molecule has 2 aliphatic rings. The number of rotatable bonds is 9. The van der Waals surface area contributed by atoms with Crippen molar-refractivity contribution in [3.05, 3.63) is 23.4 Å². The Balaban J connectivity index is 1.56. The van der Waals surface area contributed by atoms with Crippen LogP contribution in [-0.4, -0.2) is 49.8 Å². The van der Waals surface area contributed by atoms with E-state index in [9.17, 15) is 0 Å². The molecule has 1 fully saturated rings. The molecule has 0 atom stereocenters. The van der Waals surface area contributed by atoms with Crippen LogP contribution in [0.1, 0.15) is 50.3 Å². The molecule has 0 amide bonds. The van der Waals surface area contributed by atoms with Crippen molar-refractivity contribution >= 4 is 16.6 Å². The standard InChI is InChI=1S/C23H33N3O2/c1-3-10-24-23-17-8-6-9-19(17)25-20-16-22(21(27-2)15-18(20)23)28-14-7-13-26-11-4-5-12-26/h15-16H,3-14H2,1-2H3,(H,24,25). The van der Waals surface area contributed by atoms with Crippen molar-refractivity contribution in [1.29, 1.82) is 0 Å². The van der Waals surface area contributed by atoms with Crippen LogP contribution in [0.15, 0.2) is 12.1 Å². The van der Waals surface area contributed by atoms with Gasteiger partial charge in [0.25, 0.3) is 0 Å². The lowest BCUT2D eigenvalue weighted by atomic mass is 10.1. The molecule has 5 heteroatoms. The molecular formula is C23H33N3O2. The Morgan fingerprint density at radius 2 is 1.96 bits per heavy atom. The quantitative estimate of drug-likeness (QED) is 0.650. The SMILES string of the molecule is CCCNc1c2c(nc3cc(OCCCN4CCCC4)c(OC)cc13)CCC2. The fraction of sp³-hybridized carbons (Fsp3) is 0.609. The molecule has 2 aromatic rings. The van der Waals surface area contributed by atoms with Crippen molar-refractivity contribution in [3.8, 4) is 11.5 Å². The zero-order valence-corrected chi connectivity index (χ0v) is 17.4. The number of nitrogens with one attached hydrogen (secondary N) is 1. The van der Waals surface area contributed by atoms with Crippen molar-refractivity contribution < 1.29 is 9.47 Å². The van der Waals surface area contributed by atoms with Crippen molar-refractivity contribution in [2.24, 2.45) is 0 Å². The third-order valence-corrected chi connectivity index (χ3v) is 5.92. The number of hydrogen-bond acceptors (Lipinski definition) is 5. The molecule has 0 bridgehead atoms. The number of hydrogen-bond donors (Lipinski definition) is 1. The van der Waals surface area contributed by atoms with Gasteiger partial charge in [-0.15, -0.1) is 0 Å². The van der Waals surface area contributed by atoms with E-state index < -0.39 is 0 Å². The van der Waals surface area contributed by atoms with E-state index in [2.05, 4.69) is 29.3 Å². The molecule has 0 unspecified atom stereocenters. The van der Waals surface area contributed by atoms with Gasteiger partial charge in [-0.3, -0.25) is 4.98 Å². The molecule has 1 aliphatic carbocycles. The molecule has 28 heavy (non-hydrogen) atoms. The molecule has 1 aliphatic heterocycles. The van der Waals surface area contributed by atoms with E-state index in [0.29, 0.717) is 6.61 Å². The van der Waals surface area contributed by atoms with Gasteiger partial charge in [-0.25, -0.2) is 0 Å². The van der Waals surface area contributed by atoms with Gasteiger partial charge in [-0.1, -0.05) is 6.92 Å². The summed E-state index contributed by atoms with van der Waals surface area (Å²) < 4.78 is 11.8. The van der Waals surface area contributed by atoms with Crippen molar-refractivity contribution in [2.75, 3.05) is 45.2 Å². The van der Waals surface area contributed by atoms with Gasteiger partial charge in [0.1, 0.15) is 0 Å². The summed E-state index contributed by atoms with van der Waals surface area (Å²) in [4.78, 5) is 7.49. The van der Waals surface area contributed by atoms with E-state index in [-0.39, 0.29) is 0 Å². The Bertz CT molecular complexity index is 815. The van der Waals surface area contributed by atoms with Gasteiger partial charge in [0.05, 0.1) is 19.2 Å². The number of aromatic nitrogens is 1. The number of ether oxygens (including phenoxy) is 2. The molecule has 152 valence electrons. The Kier molecular flexibility index (Phi) is 6.20. The minimum Gasteiger partial charge on any atom is -0.493 e. The second-order valence-corrected chi connectivity index (χ2v) is 7.96. The van der Waals surface area contributed by atoms with Crippen LogP contribution in [-0.2, 0) is 12.8 Å². The Labute approximate surface area is 168 Å². The fourth-order valence-corrected chi connectivity index (χ4v) is 4.47. The number of likely N-dealkylation sites (tertiary alicyclic amines) is 1. The second-order valence-electron chi connectivity index (χ2n) is 7.96. The van der Waals surface area contributed by atoms with Crippen LogP contribution in [0.5, 0.6) is 11.5 Å². The number of aryl methyl sites for hydroxylation is 1. The first kappa shape index (κ1) is 19.3. The Morgan fingerprint density at radius 1 is 1.11 bits per heavy atom. The highest BCUT2D eigenvalue weighted by Crippen LogP contribution is 2.39. The molecule has 0 radical (unpaired) electrons. The van der Waals surface area contributed by atoms with E-state index in [4.69, 9.17) is 14.5 Å². The van der Waals surface area contributed by atoms with Gasteiger partial charge in [0.15, 0.2) is 11.5 Å². The average Bonchev–Trinajstić information content (AvgIpc) is 3.39. The lowest BCUT2D eigenvalue weighted by molar-refractivity contribution is 0.254. The predicted octanol–water partition coefficient (Wildman–Crippen LogP) is 4.42. The first-order valence-corrected chi connectivity index (χ1v) is 10.9. The van der Waals surface area contributed by atoms with Crippen LogP contribution in [0.2, 0.25) is 0 Å². The van der Waals surface area contributed by atoms with Crippen LogP contribution in [0.4, 0.5) is 5.69 Å². The van der Waals surface area contributed by atoms with E-state index in [1.807, 2.05) is 0 Å². The maximum absolute atomic E-state index is 6.12. The summed E-state index contributed by atoms with van der Waals surface area (Å²) in [7, 11) is 1.72. The fourth-order valence-electron chi connectivity index (χ4n) is 4.47. The number of benzene rings is 1. The number of anilines is 1. The zero-order valence-electron chi connectivity index (χ0n) is 17.4. The summed E-state index contributed by atoms with van der Waals surface area (Å²) >= 11 is 0. The molecule has 1 saturated heterocycles. The topological polar surface area (TPSA) is 46.6 Å². The summed E-state index contributed by atoms with van der Waals surface area (Å²) in [5, 5.41) is 4.80. The molecule has 1 aromatic heterocycles. The summed E-state index contributed by atoms with van der Waals surface area (Å²) in [6.45, 7) is 7.48. The normalized spacial score (nSPS) is 16.5. The highest BCUT2D eigenvalue weighted by Gasteiger charge is 2.21. The van der Waals surface area contributed by atoms with E-state index in [1.165, 1.54) is 49.3 Å². The number of pyridine rings is 1. The second kappa shape index (κ2) is 8.99. The van der Waals surface area contributed by atoms with Gasteiger partial charge < -0.3 is 19.7 Å². The lowest BCUT2D eigenvalue weighted by Crippen LogP contribution is -2.21. The van der Waals surface area contributed by atoms with Crippen LogP contribution in [0.3, 0.4) is 0 Å². The molecule has 4 rings (SSSR count). The largest absolute Gasteiger partial charge is 0.493 e. The maximum atomic E-state index is 6.12. The zero-order chi connectivity index (χ0) is 19.3. The van der Waals surface area contributed by atoms with Crippen LogP contribution in [0.25, 0.3) is 10.9 Å². The molecule has 0 saturated carbocycles. The van der Waals surface area contributed by atoms with Crippen molar-refractivity contribution in [3.63, 3.8) is 0 Å². The first-order chi connectivity index (χ1) is 13.8. The van der Waals surface area contributed by atoms with Gasteiger partial charge >= 0.3 is 0 Å². The van der Waals surface area contributed by atoms with Crippen molar-refractivity contribution in [2.45, 2.75) is 51.9 Å². The van der Waals surface area contributed by atoms with Gasteiger partial charge in [0.2, 0.25) is 0 Å². The molecule has 2 heterocycles.